The molecule has 0 aliphatic heterocycles. The highest BCUT2D eigenvalue weighted by Gasteiger charge is 2.22. The molecule has 0 aliphatic rings. The van der Waals surface area contributed by atoms with Gasteiger partial charge in [-0.05, 0) is 11.5 Å². The molecule has 0 fully saturated rings. The molecule has 2 atom stereocenters. The molecular weight excluding hydrogens is 304 g/mol. The number of nitrogens with one attached hydrogen (secondary N) is 2. The summed E-state index contributed by atoms with van der Waals surface area (Å²) in [7, 11) is 0. The van der Waals surface area contributed by atoms with Gasteiger partial charge in [-0.15, -0.1) is 0 Å². The number of carboxylic acid groups (broad SMARTS) is 1. The van der Waals surface area contributed by atoms with Gasteiger partial charge in [-0.2, -0.15) is 0 Å². The van der Waals surface area contributed by atoms with Gasteiger partial charge in [-0.3, -0.25) is 10.1 Å². The van der Waals surface area contributed by atoms with E-state index in [0.29, 0.717) is 19.0 Å². The van der Waals surface area contributed by atoms with Gasteiger partial charge in [-0.25, -0.2) is 9.97 Å². The number of carbonyl (C=O) groups is 1. The van der Waals surface area contributed by atoms with E-state index in [-0.39, 0.29) is 5.92 Å². The summed E-state index contributed by atoms with van der Waals surface area (Å²) in [5.74, 6) is -0.207. The minimum Gasteiger partial charge on any atom is -0.480 e. The number of hydrogen-bond donors (Lipinski definition) is 3. The van der Waals surface area contributed by atoms with Crippen molar-refractivity contribution in [2.24, 2.45) is 5.92 Å². The largest absolute Gasteiger partial charge is 0.480 e. The van der Waals surface area contributed by atoms with Crippen molar-refractivity contribution in [2.75, 3.05) is 5.32 Å². The zero-order chi connectivity index (χ0) is 17.4. The summed E-state index contributed by atoms with van der Waals surface area (Å²) in [6.45, 7) is 5.01. The van der Waals surface area contributed by atoms with E-state index in [1.165, 1.54) is 0 Å². The molecule has 0 spiro atoms. The molecule has 0 radical (unpaired) electrons. The van der Waals surface area contributed by atoms with Gasteiger partial charge in [0.05, 0.1) is 0 Å². The Balaban J connectivity index is 1.86. The normalized spacial score (nSPS) is 13.2. The predicted molar refractivity (Wildman–Crippen MR) is 93.5 cm³/mol. The second kappa shape index (κ2) is 8.98. The quantitative estimate of drug-likeness (QED) is 0.656. The zero-order valence-corrected chi connectivity index (χ0v) is 14.1. The first-order valence-electron chi connectivity index (χ1n) is 8.15. The van der Waals surface area contributed by atoms with Crippen LogP contribution in [-0.4, -0.2) is 27.1 Å². The van der Waals surface area contributed by atoms with Crippen LogP contribution >= 0.6 is 0 Å². The van der Waals surface area contributed by atoms with Crippen molar-refractivity contribution in [3.63, 3.8) is 0 Å². The van der Waals surface area contributed by atoms with Gasteiger partial charge in [0.15, 0.2) is 0 Å². The lowest BCUT2D eigenvalue weighted by atomic mass is 9.99. The molecule has 3 N–H and O–H groups in total. The maximum atomic E-state index is 11.3. The number of nitrogens with zero attached hydrogens (tertiary/aromatic N) is 2. The molecule has 2 rings (SSSR count). The van der Waals surface area contributed by atoms with E-state index in [2.05, 4.69) is 20.6 Å². The van der Waals surface area contributed by atoms with Gasteiger partial charge in [0, 0.05) is 31.0 Å². The van der Waals surface area contributed by atoms with Crippen LogP contribution in [0.1, 0.15) is 31.4 Å². The first-order chi connectivity index (χ1) is 11.6. The molecular formula is C18H24N4O2. The minimum absolute atomic E-state index is 0.0650. The van der Waals surface area contributed by atoms with Gasteiger partial charge in [-0.1, -0.05) is 50.6 Å². The Hall–Kier alpha value is -2.47. The molecule has 6 nitrogen and oxygen atoms in total. The summed E-state index contributed by atoms with van der Waals surface area (Å²) < 4.78 is 0. The lowest BCUT2D eigenvalue weighted by Gasteiger charge is -2.20. The summed E-state index contributed by atoms with van der Waals surface area (Å²) in [4.78, 5) is 19.8. The highest BCUT2D eigenvalue weighted by molar-refractivity contribution is 5.73. The fourth-order valence-corrected chi connectivity index (χ4v) is 2.31. The van der Waals surface area contributed by atoms with Crippen molar-refractivity contribution in [3.05, 3.63) is 53.9 Å². The number of benzene rings is 1. The Morgan fingerprint density at radius 1 is 1.12 bits per heavy atom. The van der Waals surface area contributed by atoms with Gasteiger partial charge >= 0.3 is 5.97 Å². The number of aromatic nitrogens is 2. The Bertz CT molecular complexity index is 631. The minimum atomic E-state index is -0.827. The van der Waals surface area contributed by atoms with Crippen LogP contribution in [0.3, 0.4) is 0 Å². The molecule has 0 unspecified atom stereocenters. The summed E-state index contributed by atoms with van der Waals surface area (Å²) in [6.07, 6.45) is 4.23. The van der Waals surface area contributed by atoms with E-state index >= 15 is 0 Å². The molecule has 128 valence electrons. The lowest BCUT2D eigenvalue weighted by Crippen LogP contribution is -2.41. The zero-order valence-electron chi connectivity index (χ0n) is 14.1. The molecule has 0 saturated carbocycles. The number of aliphatic carboxylic acids is 1. The van der Waals surface area contributed by atoms with Crippen molar-refractivity contribution < 1.29 is 9.90 Å². The third kappa shape index (κ3) is 5.31. The fraction of sp³-hybridized carbons (Fsp3) is 0.389. The van der Waals surface area contributed by atoms with Crippen LogP contribution in [0.15, 0.2) is 42.7 Å². The molecule has 1 aromatic heterocycles. The van der Waals surface area contributed by atoms with E-state index in [9.17, 15) is 9.90 Å². The second-order valence-corrected chi connectivity index (χ2v) is 5.84. The average molecular weight is 328 g/mol. The monoisotopic (exact) mass is 328 g/mol. The number of anilines is 1. The Labute approximate surface area is 142 Å². The van der Waals surface area contributed by atoms with Crippen LogP contribution in [0, 0.1) is 5.92 Å². The van der Waals surface area contributed by atoms with Crippen molar-refractivity contribution in [3.8, 4) is 0 Å². The van der Waals surface area contributed by atoms with E-state index in [1.54, 1.807) is 12.4 Å². The topological polar surface area (TPSA) is 87.1 Å². The van der Waals surface area contributed by atoms with E-state index in [1.807, 2.05) is 44.2 Å². The Morgan fingerprint density at radius 3 is 2.38 bits per heavy atom. The number of rotatable bonds is 9. The molecule has 6 heteroatoms. The maximum absolute atomic E-state index is 11.3. The number of carboxylic acids is 1. The van der Waals surface area contributed by atoms with Gasteiger partial charge < -0.3 is 10.4 Å². The highest BCUT2D eigenvalue weighted by atomic mass is 16.4. The SMILES string of the molecule is CC[C@H](C)[C@@H](NCc1cnc(NCc2ccccc2)nc1)C(=O)O. The van der Waals surface area contributed by atoms with Gasteiger partial charge in [0.2, 0.25) is 5.95 Å². The Kier molecular flexibility index (Phi) is 6.69. The van der Waals surface area contributed by atoms with E-state index in [4.69, 9.17) is 0 Å². The van der Waals surface area contributed by atoms with Crippen molar-refractivity contribution in [1.29, 1.82) is 0 Å². The molecule has 0 aliphatic carbocycles. The molecule has 24 heavy (non-hydrogen) atoms. The Morgan fingerprint density at radius 2 is 1.79 bits per heavy atom. The smallest absolute Gasteiger partial charge is 0.320 e. The predicted octanol–water partition coefficient (Wildman–Crippen LogP) is 2.68. The first-order valence-corrected chi connectivity index (χ1v) is 8.15. The van der Waals surface area contributed by atoms with Gasteiger partial charge in [0.1, 0.15) is 6.04 Å². The fourth-order valence-electron chi connectivity index (χ4n) is 2.31. The highest BCUT2D eigenvalue weighted by Crippen LogP contribution is 2.09. The van der Waals surface area contributed by atoms with Crippen molar-refractivity contribution in [2.45, 2.75) is 39.4 Å². The third-order valence-corrected chi connectivity index (χ3v) is 4.00. The summed E-state index contributed by atoms with van der Waals surface area (Å²) in [6, 6.07) is 9.46. The third-order valence-electron chi connectivity index (χ3n) is 4.00. The van der Waals surface area contributed by atoms with Crippen LogP contribution in [0.5, 0.6) is 0 Å². The van der Waals surface area contributed by atoms with Gasteiger partial charge in [0.25, 0.3) is 0 Å². The van der Waals surface area contributed by atoms with Crippen LogP contribution in [-0.2, 0) is 17.9 Å². The van der Waals surface area contributed by atoms with Crippen LogP contribution < -0.4 is 10.6 Å². The summed E-state index contributed by atoms with van der Waals surface area (Å²) in [5.41, 5.74) is 2.01. The van der Waals surface area contributed by atoms with Crippen LogP contribution in [0.25, 0.3) is 0 Å². The van der Waals surface area contributed by atoms with Crippen molar-refractivity contribution in [1.82, 2.24) is 15.3 Å². The second-order valence-electron chi connectivity index (χ2n) is 5.84. The molecule has 2 aromatic rings. The van der Waals surface area contributed by atoms with Crippen LogP contribution in [0.4, 0.5) is 5.95 Å². The van der Waals surface area contributed by atoms with Crippen LogP contribution in [0.2, 0.25) is 0 Å². The molecule has 0 amide bonds. The lowest BCUT2D eigenvalue weighted by molar-refractivity contribution is -0.140. The standard InChI is InChI=1S/C18H24N4O2/c1-3-13(2)16(17(23)24)19-10-15-11-21-18(22-12-15)20-9-14-7-5-4-6-8-14/h4-8,11-13,16,19H,3,9-10H2,1-2H3,(H,23,24)(H,20,21,22)/t13-,16+/m0/s1. The number of hydrogen-bond acceptors (Lipinski definition) is 5. The first kappa shape index (κ1) is 17.9. The van der Waals surface area contributed by atoms with E-state index < -0.39 is 12.0 Å². The molecule has 0 saturated heterocycles. The average Bonchev–Trinajstić information content (AvgIpc) is 2.61. The summed E-state index contributed by atoms with van der Waals surface area (Å²) >= 11 is 0. The van der Waals surface area contributed by atoms with Crippen molar-refractivity contribution >= 4 is 11.9 Å². The molecule has 1 aromatic carbocycles. The molecule has 1 heterocycles. The summed E-state index contributed by atoms with van der Waals surface area (Å²) in [5, 5.41) is 15.5. The molecule has 0 bridgehead atoms. The van der Waals surface area contributed by atoms with E-state index in [0.717, 1.165) is 17.5 Å². The maximum Gasteiger partial charge on any atom is 0.320 e.